The van der Waals surface area contributed by atoms with Gasteiger partial charge in [0.1, 0.15) is 6.61 Å². The van der Waals surface area contributed by atoms with Gasteiger partial charge in [-0.1, -0.05) is 44.2 Å². The molecule has 1 fully saturated rings. The Hall–Kier alpha value is -2.12. The van der Waals surface area contributed by atoms with E-state index in [1.54, 1.807) is 0 Å². The fourth-order valence-electron chi connectivity index (χ4n) is 3.65. The second-order valence-corrected chi connectivity index (χ2v) is 7.12. The molecule has 0 aromatic heterocycles. The number of ether oxygens (including phenoxy) is 1. The molecule has 0 saturated carbocycles. The molecule has 7 heteroatoms. The first-order valence-electron chi connectivity index (χ1n) is 10.2. The first-order chi connectivity index (χ1) is 13.6. The van der Waals surface area contributed by atoms with Crippen LogP contribution in [0, 0.1) is 0 Å². The van der Waals surface area contributed by atoms with Gasteiger partial charge in [-0.2, -0.15) is 0 Å². The van der Waals surface area contributed by atoms with Crippen LogP contribution in [0.15, 0.2) is 30.3 Å². The highest BCUT2D eigenvalue weighted by molar-refractivity contribution is 5.78. The molecule has 156 valence electrons. The molecule has 2 N–H and O–H groups in total. The zero-order valence-corrected chi connectivity index (χ0v) is 17.0. The van der Waals surface area contributed by atoms with Crippen LogP contribution in [0.25, 0.3) is 0 Å². The summed E-state index contributed by atoms with van der Waals surface area (Å²) in [7, 11) is 0. The van der Waals surface area contributed by atoms with Crippen LogP contribution in [-0.4, -0.2) is 71.8 Å². The van der Waals surface area contributed by atoms with Crippen molar-refractivity contribution >= 4 is 12.0 Å². The summed E-state index contributed by atoms with van der Waals surface area (Å²) in [6.45, 7) is 7.66. The second-order valence-electron chi connectivity index (χ2n) is 7.12. The average Bonchev–Trinajstić information content (AvgIpc) is 2.73. The van der Waals surface area contributed by atoms with Crippen LogP contribution in [0.4, 0.5) is 4.79 Å². The molecule has 2 rings (SSSR count). The maximum absolute atomic E-state index is 12.6. The van der Waals surface area contributed by atoms with Crippen molar-refractivity contribution in [3.8, 4) is 0 Å². The highest BCUT2D eigenvalue weighted by Gasteiger charge is 2.27. The van der Waals surface area contributed by atoms with Crippen LogP contribution in [0.1, 0.15) is 38.7 Å². The average molecular weight is 392 g/mol. The summed E-state index contributed by atoms with van der Waals surface area (Å²) < 4.78 is 5.16. The topological polar surface area (TPSA) is 82.1 Å². The van der Waals surface area contributed by atoms with Gasteiger partial charge in [0.2, 0.25) is 5.91 Å². The van der Waals surface area contributed by atoms with Crippen molar-refractivity contribution in [2.24, 2.45) is 0 Å². The molecule has 1 aromatic carbocycles. The van der Waals surface area contributed by atoms with Gasteiger partial charge in [-0.15, -0.1) is 0 Å². The van der Waals surface area contributed by atoms with Crippen molar-refractivity contribution in [2.45, 2.75) is 51.8 Å². The molecule has 1 atom stereocenters. The monoisotopic (exact) mass is 391 g/mol. The van der Waals surface area contributed by atoms with Gasteiger partial charge in [-0.3, -0.25) is 4.79 Å². The summed E-state index contributed by atoms with van der Waals surface area (Å²) in [4.78, 5) is 28.8. The van der Waals surface area contributed by atoms with E-state index in [4.69, 9.17) is 4.74 Å². The molecule has 0 radical (unpaired) electrons. The Morgan fingerprint density at radius 2 is 1.86 bits per heavy atom. The number of hydrogen-bond acceptors (Lipinski definition) is 5. The van der Waals surface area contributed by atoms with E-state index < -0.39 is 12.1 Å². The Morgan fingerprint density at radius 1 is 1.21 bits per heavy atom. The normalized spacial score (nSPS) is 16.1. The van der Waals surface area contributed by atoms with Crippen LogP contribution in [0.5, 0.6) is 0 Å². The number of alkyl carbamates (subject to hydrolysis) is 1. The van der Waals surface area contributed by atoms with Crippen molar-refractivity contribution in [2.75, 3.05) is 32.8 Å². The summed E-state index contributed by atoms with van der Waals surface area (Å²) in [6.07, 6.45) is 1.37. The molecule has 1 aliphatic heterocycles. The fraction of sp³-hybridized carbons (Fsp3) is 0.619. The standard InChI is InChI=1S/C21H33N3O4/c1-3-23(4-2)19-10-12-24(13-11-19)20(26)14-18(15-25)22-21(27)28-16-17-8-6-5-7-9-17/h5-9,18-19,25H,3-4,10-16H2,1-2H3,(H,22,27)/t18-/m1/s1. The Morgan fingerprint density at radius 3 is 2.43 bits per heavy atom. The summed E-state index contributed by atoms with van der Waals surface area (Å²) in [5.74, 6) is -0.0413. The highest BCUT2D eigenvalue weighted by atomic mass is 16.5. The molecule has 1 aliphatic rings. The maximum Gasteiger partial charge on any atom is 0.407 e. The molecule has 0 aliphatic carbocycles. The predicted octanol–water partition coefficient (Wildman–Crippen LogP) is 2.00. The number of aliphatic hydroxyl groups excluding tert-OH is 1. The van der Waals surface area contributed by atoms with Gasteiger partial charge in [0.25, 0.3) is 0 Å². The van der Waals surface area contributed by atoms with Gasteiger partial charge in [0, 0.05) is 25.6 Å². The maximum atomic E-state index is 12.6. The number of nitrogens with one attached hydrogen (secondary N) is 1. The molecule has 0 unspecified atom stereocenters. The van der Waals surface area contributed by atoms with E-state index in [0.717, 1.165) is 44.6 Å². The molecule has 2 amide bonds. The minimum atomic E-state index is -0.642. The van der Waals surface area contributed by atoms with Crippen molar-refractivity contribution in [3.05, 3.63) is 35.9 Å². The fourth-order valence-corrected chi connectivity index (χ4v) is 3.65. The molecule has 0 bridgehead atoms. The zero-order valence-electron chi connectivity index (χ0n) is 17.0. The van der Waals surface area contributed by atoms with E-state index in [0.29, 0.717) is 6.04 Å². The lowest BCUT2D eigenvalue weighted by Crippen LogP contribution is -2.48. The smallest absolute Gasteiger partial charge is 0.407 e. The Kier molecular flexibility index (Phi) is 9.23. The number of carbonyl (C=O) groups is 2. The third kappa shape index (κ3) is 6.80. The van der Waals surface area contributed by atoms with Crippen molar-refractivity contribution < 1.29 is 19.4 Å². The summed E-state index contributed by atoms with van der Waals surface area (Å²) >= 11 is 0. The molecular formula is C21H33N3O4. The molecule has 0 spiro atoms. The second kappa shape index (κ2) is 11.7. The predicted molar refractivity (Wildman–Crippen MR) is 108 cm³/mol. The van der Waals surface area contributed by atoms with Gasteiger partial charge in [0.15, 0.2) is 0 Å². The van der Waals surface area contributed by atoms with E-state index in [-0.39, 0.29) is 25.5 Å². The minimum Gasteiger partial charge on any atom is -0.445 e. The van der Waals surface area contributed by atoms with Crippen LogP contribution >= 0.6 is 0 Å². The molecule has 7 nitrogen and oxygen atoms in total. The SMILES string of the molecule is CCN(CC)C1CCN(C(=O)C[C@H](CO)NC(=O)OCc2ccccc2)CC1. The van der Waals surface area contributed by atoms with Crippen molar-refractivity contribution in [3.63, 3.8) is 0 Å². The highest BCUT2D eigenvalue weighted by Crippen LogP contribution is 2.17. The number of likely N-dealkylation sites (tertiary alicyclic amines) is 1. The van der Waals surface area contributed by atoms with Gasteiger partial charge in [-0.25, -0.2) is 4.79 Å². The van der Waals surface area contributed by atoms with Crippen LogP contribution in [0.2, 0.25) is 0 Å². The summed E-state index contributed by atoms with van der Waals surface area (Å²) in [5, 5.41) is 12.1. The summed E-state index contributed by atoms with van der Waals surface area (Å²) in [5.41, 5.74) is 0.880. The first-order valence-corrected chi connectivity index (χ1v) is 10.2. The third-order valence-corrected chi connectivity index (χ3v) is 5.32. The summed E-state index contributed by atoms with van der Waals surface area (Å²) in [6, 6.07) is 9.24. The Balaban J connectivity index is 1.74. The lowest BCUT2D eigenvalue weighted by molar-refractivity contribution is -0.133. The van der Waals surface area contributed by atoms with Crippen LogP contribution in [-0.2, 0) is 16.1 Å². The molecule has 28 heavy (non-hydrogen) atoms. The quantitative estimate of drug-likeness (QED) is 0.673. The first kappa shape index (κ1) is 22.2. The number of hydrogen-bond donors (Lipinski definition) is 2. The van der Waals surface area contributed by atoms with Crippen LogP contribution < -0.4 is 5.32 Å². The number of benzene rings is 1. The van der Waals surface area contributed by atoms with E-state index in [2.05, 4.69) is 24.1 Å². The van der Waals surface area contributed by atoms with E-state index in [1.807, 2.05) is 35.2 Å². The molecule has 1 saturated heterocycles. The number of nitrogens with zero attached hydrogens (tertiary/aromatic N) is 2. The van der Waals surface area contributed by atoms with Gasteiger partial charge < -0.3 is 25.0 Å². The molecule has 1 aromatic rings. The van der Waals surface area contributed by atoms with E-state index in [1.165, 1.54) is 0 Å². The number of aliphatic hydroxyl groups is 1. The third-order valence-electron chi connectivity index (χ3n) is 5.32. The molecular weight excluding hydrogens is 358 g/mol. The zero-order chi connectivity index (χ0) is 20.4. The minimum absolute atomic E-state index is 0.0413. The van der Waals surface area contributed by atoms with Gasteiger partial charge >= 0.3 is 6.09 Å². The number of amides is 2. The van der Waals surface area contributed by atoms with Crippen molar-refractivity contribution in [1.82, 2.24) is 15.1 Å². The largest absolute Gasteiger partial charge is 0.445 e. The van der Waals surface area contributed by atoms with E-state index in [9.17, 15) is 14.7 Å². The van der Waals surface area contributed by atoms with Gasteiger partial charge in [0.05, 0.1) is 12.6 Å². The van der Waals surface area contributed by atoms with Gasteiger partial charge in [-0.05, 0) is 31.5 Å². The van der Waals surface area contributed by atoms with Crippen molar-refractivity contribution in [1.29, 1.82) is 0 Å². The number of carbonyl (C=O) groups excluding carboxylic acids is 2. The van der Waals surface area contributed by atoms with Crippen LogP contribution in [0.3, 0.4) is 0 Å². The Labute approximate surface area is 167 Å². The Bertz CT molecular complexity index is 599. The number of piperidine rings is 1. The molecule has 1 heterocycles. The number of rotatable bonds is 9. The lowest BCUT2D eigenvalue weighted by atomic mass is 10.0. The lowest BCUT2D eigenvalue weighted by Gasteiger charge is -2.38. The van der Waals surface area contributed by atoms with E-state index >= 15 is 0 Å².